The standard InChI is InChI=1S/C18H29N3/c1-15(2)13-21(5)12-11-18(14-19,20-16(3)4)17-9-7-6-8-10-17/h6-10,15-16,20H,11-13H2,1-5H3. The van der Waals surface area contributed by atoms with Crippen molar-refractivity contribution >= 4 is 0 Å². The predicted octanol–water partition coefficient (Wildman–Crippen LogP) is 3.38. The van der Waals surface area contributed by atoms with Gasteiger partial charge in [0, 0.05) is 19.1 Å². The van der Waals surface area contributed by atoms with Crippen LogP contribution in [-0.2, 0) is 5.54 Å². The van der Waals surface area contributed by atoms with E-state index in [4.69, 9.17) is 0 Å². The highest BCUT2D eigenvalue weighted by molar-refractivity contribution is 5.31. The maximum atomic E-state index is 9.84. The Labute approximate surface area is 130 Å². The molecular formula is C18H29N3. The van der Waals surface area contributed by atoms with Gasteiger partial charge in [0.15, 0.2) is 0 Å². The molecule has 1 unspecified atom stereocenters. The van der Waals surface area contributed by atoms with Crippen molar-refractivity contribution < 1.29 is 0 Å². The minimum Gasteiger partial charge on any atom is -0.306 e. The summed E-state index contributed by atoms with van der Waals surface area (Å²) in [5, 5.41) is 13.3. The van der Waals surface area contributed by atoms with Crippen LogP contribution in [0.4, 0.5) is 0 Å². The molecular weight excluding hydrogens is 258 g/mol. The summed E-state index contributed by atoms with van der Waals surface area (Å²) in [5.41, 5.74) is 0.444. The van der Waals surface area contributed by atoms with Crippen molar-refractivity contribution in [2.24, 2.45) is 5.92 Å². The Bertz CT molecular complexity index is 447. The zero-order valence-corrected chi connectivity index (χ0v) is 14.1. The molecule has 21 heavy (non-hydrogen) atoms. The zero-order chi connectivity index (χ0) is 15.9. The summed E-state index contributed by atoms with van der Waals surface area (Å²) < 4.78 is 0. The minimum atomic E-state index is -0.610. The van der Waals surface area contributed by atoms with Crippen molar-refractivity contribution in [3.8, 4) is 6.07 Å². The molecule has 1 atom stereocenters. The molecule has 1 N–H and O–H groups in total. The van der Waals surface area contributed by atoms with Crippen LogP contribution in [0.3, 0.4) is 0 Å². The highest BCUT2D eigenvalue weighted by Crippen LogP contribution is 2.25. The average molecular weight is 287 g/mol. The Balaban J connectivity index is 2.90. The predicted molar refractivity (Wildman–Crippen MR) is 89.0 cm³/mol. The first-order chi connectivity index (χ1) is 9.89. The normalized spacial score (nSPS) is 14.4. The van der Waals surface area contributed by atoms with Crippen LogP contribution in [0.5, 0.6) is 0 Å². The first-order valence-corrected chi connectivity index (χ1v) is 7.82. The van der Waals surface area contributed by atoms with Gasteiger partial charge in [-0.1, -0.05) is 44.2 Å². The molecule has 0 saturated carbocycles. The smallest absolute Gasteiger partial charge is 0.133 e. The van der Waals surface area contributed by atoms with Gasteiger partial charge in [-0.3, -0.25) is 5.32 Å². The SMILES string of the molecule is CC(C)CN(C)CCC(C#N)(NC(C)C)c1ccccc1. The van der Waals surface area contributed by atoms with E-state index in [0.717, 1.165) is 25.1 Å². The van der Waals surface area contributed by atoms with Gasteiger partial charge in [-0.2, -0.15) is 5.26 Å². The molecule has 1 rings (SSSR count). The Hall–Kier alpha value is -1.37. The molecule has 0 aromatic heterocycles. The van der Waals surface area contributed by atoms with Crippen LogP contribution in [0.2, 0.25) is 0 Å². The van der Waals surface area contributed by atoms with Crippen LogP contribution in [0.1, 0.15) is 39.7 Å². The molecule has 0 bridgehead atoms. The van der Waals surface area contributed by atoms with Crippen LogP contribution < -0.4 is 5.32 Å². The van der Waals surface area contributed by atoms with Gasteiger partial charge >= 0.3 is 0 Å². The number of nitrogens with one attached hydrogen (secondary N) is 1. The second kappa shape index (κ2) is 8.17. The summed E-state index contributed by atoms with van der Waals surface area (Å²) in [7, 11) is 2.13. The molecule has 0 radical (unpaired) electrons. The third kappa shape index (κ3) is 5.49. The summed E-state index contributed by atoms with van der Waals surface area (Å²) in [5.74, 6) is 0.640. The number of hydrogen-bond donors (Lipinski definition) is 1. The van der Waals surface area contributed by atoms with Gasteiger partial charge in [-0.05, 0) is 38.8 Å². The van der Waals surface area contributed by atoms with Crippen LogP contribution in [0.15, 0.2) is 30.3 Å². The lowest BCUT2D eigenvalue weighted by Crippen LogP contribution is -2.47. The molecule has 1 aromatic carbocycles. The van der Waals surface area contributed by atoms with E-state index in [1.54, 1.807) is 0 Å². The lowest BCUT2D eigenvalue weighted by atomic mass is 9.87. The van der Waals surface area contributed by atoms with Crippen LogP contribution in [0, 0.1) is 17.2 Å². The van der Waals surface area contributed by atoms with E-state index in [1.165, 1.54) is 0 Å². The molecule has 116 valence electrons. The van der Waals surface area contributed by atoms with Crippen LogP contribution in [0.25, 0.3) is 0 Å². The van der Waals surface area contributed by atoms with Crippen molar-refractivity contribution in [3.63, 3.8) is 0 Å². The fourth-order valence-corrected chi connectivity index (χ4v) is 2.74. The van der Waals surface area contributed by atoms with Gasteiger partial charge in [0.25, 0.3) is 0 Å². The molecule has 3 heteroatoms. The largest absolute Gasteiger partial charge is 0.306 e. The number of nitrogens with zero attached hydrogens (tertiary/aromatic N) is 2. The number of rotatable bonds is 8. The summed E-state index contributed by atoms with van der Waals surface area (Å²) in [4.78, 5) is 2.31. The van der Waals surface area contributed by atoms with Gasteiger partial charge in [-0.15, -0.1) is 0 Å². The van der Waals surface area contributed by atoms with Crippen molar-refractivity contribution in [2.45, 2.75) is 45.7 Å². The number of nitriles is 1. The lowest BCUT2D eigenvalue weighted by Gasteiger charge is -2.32. The molecule has 1 aromatic rings. The van der Waals surface area contributed by atoms with Crippen molar-refractivity contribution in [3.05, 3.63) is 35.9 Å². The van der Waals surface area contributed by atoms with Crippen molar-refractivity contribution in [1.29, 1.82) is 5.26 Å². The second-order valence-electron chi connectivity index (χ2n) is 6.59. The molecule has 0 aliphatic rings. The maximum Gasteiger partial charge on any atom is 0.133 e. The summed E-state index contributed by atoms with van der Waals surface area (Å²) in [6.45, 7) is 10.6. The highest BCUT2D eigenvalue weighted by atomic mass is 15.1. The molecule has 0 aliphatic carbocycles. The maximum absolute atomic E-state index is 9.84. The summed E-state index contributed by atoms with van der Waals surface area (Å²) >= 11 is 0. The van der Waals surface area contributed by atoms with Gasteiger partial charge in [0.05, 0.1) is 6.07 Å². The Morgan fingerprint density at radius 3 is 2.29 bits per heavy atom. The second-order valence-corrected chi connectivity index (χ2v) is 6.59. The molecule has 0 aliphatic heterocycles. The topological polar surface area (TPSA) is 39.1 Å². The minimum absolute atomic E-state index is 0.264. The third-order valence-electron chi connectivity index (χ3n) is 3.54. The van der Waals surface area contributed by atoms with Crippen LogP contribution >= 0.6 is 0 Å². The van der Waals surface area contributed by atoms with E-state index in [0.29, 0.717) is 5.92 Å². The number of benzene rings is 1. The van der Waals surface area contributed by atoms with E-state index >= 15 is 0 Å². The average Bonchev–Trinajstić information content (AvgIpc) is 2.43. The molecule has 0 saturated heterocycles. The lowest BCUT2D eigenvalue weighted by molar-refractivity contribution is 0.251. The molecule has 0 heterocycles. The molecule has 0 fully saturated rings. The fraction of sp³-hybridized carbons (Fsp3) is 0.611. The highest BCUT2D eigenvalue weighted by Gasteiger charge is 2.32. The quantitative estimate of drug-likeness (QED) is 0.796. The monoisotopic (exact) mass is 287 g/mol. The van der Waals surface area contributed by atoms with E-state index in [9.17, 15) is 5.26 Å². The molecule has 3 nitrogen and oxygen atoms in total. The van der Waals surface area contributed by atoms with Gasteiger partial charge in [-0.25, -0.2) is 0 Å². The van der Waals surface area contributed by atoms with Gasteiger partial charge in [0.1, 0.15) is 5.54 Å². The Kier molecular flexibility index (Phi) is 6.87. The first-order valence-electron chi connectivity index (χ1n) is 7.82. The Morgan fingerprint density at radius 2 is 1.81 bits per heavy atom. The van der Waals surface area contributed by atoms with Crippen molar-refractivity contribution in [2.75, 3.05) is 20.1 Å². The van der Waals surface area contributed by atoms with E-state index in [2.05, 4.69) is 51.0 Å². The van der Waals surface area contributed by atoms with E-state index in [-0.39, 0.29) is 6.04 Å². The fourth-order valence-electron chi connectivity index (χ4n) is 2.74. The van der Waals surface area contributed by atoms with Gasteiger partial charge in [0.2, 0.25) is 0 Å². The van der Waals surface area contributed by atoms with E-state index in [1.807, 2.05) is 30.3 Å². The van der Waals surface area contributed by atoms with E-state index < -0.39 is 5.54 Å². The zero-order valence-electron chi connectivity index (χ0n) is 14.1. The Morgan fingerprint density at radius 1 is 1.19 bits per heavy atom. The molecule has 0 amide bonds. The first kappa shape index (κ1) is 17.7. The molecule has 0 spiro atoms. The van der Waals surface area contributed by atoms with Crippen LogP contribution in [-0.4, -0.2) is 31.1 Å². The van der Waals surface area contributed by atoms with Gasteiger partial charge < -0.3 is 4.90 Å². The van der Waals surface area contributed by atoms with Crippen molar-refractivity contribution in [1.82, 2.24) is 10.2 Å². The third-order valence-corrected chi connectivity index (χ3v) is 3.54. The summed E-state index contributed by atoms with van der Waals surface area (Å²) in [6.07, 6.45) is 0.787. The summed E-state index contributed by atoms with van der Waals surface area (Å²) in [6, 6.07) is 12.9. The number of hydrogen-bond acceptors (Lipinski definition) is 3.